The normalized spacial score (nSPS) is 35.3. The van der Waals surface area contributed by atoms with Crippen LogP contribution >= 0.6 is 0 Å². The molecule has 0 radical (unpaired) electrons. The van der Waals surface area contributed by atoms with Crippen LogP contribution in [0.4, 0.5) is 0 Å². The number of hydrogen-bond donors (Lipinski definition) is 1. The third-order valence-corrected chi connectivity index (χ3v) is 2.69. The maximum Gasteiger partial charge on any atom is 0.305 e. The second kappa shape index (κ2) is 3.05. The van der Waals surface area contributed by atoms with Gasteiger partial charge in [0.05, 0.1) is 18.6 Å². The Morgan fingerprint density at radius 2 is 2.08 bits per heavy atom. The van der Waals surface area contributed by atoms with E-state index in [-0.39, 0.29) is 12.5 Å². The monoisotopic (exact) mass is 170 g/mol. The Morgan fingerprint density at radius 3 is 2.67 bits per heavy atom. The van der Waals surface area contributed by atoms with Gasteiger partial charge < -0.3 is 9.84 Å². The van der Waals surface area contributed by atoms with Crippen LogP contribution < -0.4 is 0 Å². The zero-order valence-electron chi connectivity index (χ0n) is 7.03. The fraction of sp³-hybridized carbons (Fsp3) is 0.889. The van der Waals surface area contributed by atoms with Gasteiger partial charge in [-0.25, -0.2) is 0 Å². The van der Waals surface area contributed by atoms with E-state index in [0.29, 0.717) is 6.10 Å². The van der Waals surface area contributed by atoms with Gasteiger partial charge >= 0.3 is 5.97 Å². The van der Waals surface area contributed by atoms with Gasteiger partial charge in [0.2, 0.25) is 0 Å². The van der Waals surface area contributed by atoms with Crippen LogP contribution in [-0.2, 0) is 9.53 Å². The number of carboxylic acid groups (broad SMARTS) is 1. The van der Waals surface area contributed by atoms with Gasteiger partial charge in [0.25, 0.3) is 0 Å². The summed E-state index contributed by atoms with van der Waals surface area (Å²) >= 11 is 0. The molecule has 0 aromatic rings. The predicted octanol–water partition coefficient (Wildman–Crippen LogP) is 1.42. The summed E-state index contributed by atoms with van der Waals surface area (Å²) in [6.07, 6.45) is 5.14. The maximum absolute atomic E-state index is 10.4. The minimum absolute atomic E-state index is 0.00639. The molecular weight excluding hydrogens is 156 g/mol. The maximum atomic E-state index is 10.4. The highest BCUT2D eigenvalue weighted by molar-refractivity contribution is 5.67. The van der Waals surface area contributed by atoms with E-state index in [1.807, 2.05) is 0 Å². The molecule has 2 fully saturated rings. The predicted molar refractivity (Wildman–Crippen MR) is 42.9 cm³/mol. The fourth-order valence-corrected chi connectivity index (χ4v) is 1.89. The van der Waals surface area contributed by atoms with Gasteiger partial charge in [-0.1, -0.05) is 0 Å². The van der Waals surface area contributed by atoms with Crippen molar-refractivity contribution in [3.63, 3.8) is 0 Å². The van der Waals surface area contributed by atoms with Crippen LogP contribution in [0.2, 0.25) is 0 Å². The van der Waals surface area contributed by atoms with E-state index in [2.05, 4.69) is 0 Å². The van der Waals surface area contributed by atoms with Crippen LogP contribution in [0, 0.1) is 5.92 Å². The van der Waals surface area contributed by atoms with Crippen LogP contribution in [0.3, 0.4) is 0 Å². The molecule has 0 bridgehead atoms. The van der Waals surface area contributed by atoms with Crippen LogP contribution in [0.25, 0.3) is 0 Å². The lowest BCUT2D eigenvalue weighted by molar-refractivity contribution is -0.140. The number of carbonyl (C=O) groups is 1. The van der Waals surface area contributed by atoms with Gasteiger partial charge in [-0.15, -0.1) is 0 Å². The highest BCUT2D eigenvalue weighted by Crippen LogP contribution is 2.40. The lowest BCUT2D eigenvalue weighted by Gasteiger charge is -2.10. The molecule has 0 spiro atoms. The molecule has 1 heterocycles. The molecule has 2 atom stereocenters. The highest BCUT2D eigenvalue weighted by Gasteiger charge is 2.37. The molecule has 2 unspecified atom stereocenters. The Hall–Kier alpha value is -0.570. The van der Waals surface area contributed by atoms with Crippen molar-refractivity contribution >= 4 is 5.97 Å². The smallest absolute Gasteiger partial charge is 0.305 e. The topological polar surface area (TPSA) is 46.5 Å². The average Bonchev–Trinajstić information content (AvgIpc) is 2.73. The van der Waals surface area contributed by atoms with E-state index in [1.54, 1.807) is 0 Å². The Balaban J connectivity index is 1.77. The third-order valence-electron chi connectivity index (χ3n) is 2.69. The van der Waals surface area contributed by atoms with Crippen molar-refractivity contribution in [3.05, 3.63) is 0 Å². The molecule has 3 heteroatoms. The Labute approximate surface area is 71.7 Å². The van der Waals surface area contributed by atoms with Gasteiger partial charge in [0.1, 0.15) is 0 Å². The molecule has 1 aliphatic heterocycles. The van der Waals surface area contributed by atoms with E-state index >= 15 is 0 Å². The summed E-state index contributed by atoms with van der Waals surface area (Å²) in [4.78, 5) is 10.4. The minimum Gasteiger partial charge on any atom is -0.481 e. The van der Waals surface area contributed by atoms with Gasteiger partial charge in [0, 0.05) is 0 Å². The molecule has 0 aromatic heterocycles. The summed E-state index contributed by atoms with van der Waals surface area (Å²) in [5.74, 6) is 0.0141. The number of carboxylic acids is 1. The van der Waals surface area contributed by atoms with Crippen molar-refractivity contribution < 1.29 is 14.6 Å². The van der Waals surface area contributed by atoms with Crippen molar-refractivity contribution in [1.29, 1.82) is 0 Å². The van der Waals surface area contributed by atoms with Crippen LogP contribution in [0.5, 0.6) is 0 Å². The average molecular weight is 170 g/mol. The summed E-state index contributed by atoms with van der Waals surface area (Å²) in [6.45, 7) is 0. The Morgan fingerprint density at radius 1 is 1.33 bits per heavy atom. The number of aliphatic carboxylic acids is 1. The van der Waals surface area contributed by atoms with E-state index in [1.165, 1.54) is 12.8 Å². The molecule has 68 valence electrons. The molecule has 12 heavy (non-hydrogen) atoms. The Kier molecular flexibility index (Phi) is 2.05. The molecule has 0 aromatic carbocycles. The first-order valence-corrected chi connectivity index (χ1v) is 4.63. The zero-order valence-corrected chi connectivity index (χ0v) is 7.03. The Bertz CT molecular complexity index is 186. The van der Waals surface area contributed by atoms with Crippen molar-refractivity contribution in [3.8, 4) is 0 Å². The minimum atomic E-state index is -0.739. The number of ether oxygens (including phenoxy) is 1. The zero-order chi connectivity index (χ0) is 8.55. The van der Waals surface area contributed by atoms with Gasteiger partial charge in [-0.2, -0.15) is 0 Å². The second-order valence-corrected chi connectivity index (χ2v) is 3.81. The molecule has 2 rings (SSSR count). The fourth-order valence-electron chi connectivity index (χ4n) is 1.89. The van der Waals surface area contributed by atoms with Gasteiger partial charge in [-0.05, 0) is 31.6 Å². The lowest BCUT2D eigenvalue weighted by atomic mass is 10.1. The van der Waals surface area contributed by atoms with Crippen LogP contribution in [0.15, 0.2) is 0 Å². The molecule has 2 aliphatic rings. The first kappa shape index (κ1) is 8.05. The second-order valence-electron chi connectivity index (χ2n) is 3.81. The summed E-state index contributed by atoms with van der Waals surface area (Å²) < 4.78 is 5.62. The molecular formula is C9H14O3. The van der Waals surface area contributed by atoms with E-state index in [0.717, 1.165) is 18.8 Å². The SMILES string of the molecule is O=C(O)CC1CCC(C2CC2)O1. The van der Waals surface area contributed by atoms with Crippen molar-refractivity contribution in [2.75, 3.05) is 0 Å². The van der Waals surface area contributed by atoms with E-state index in [9.17, 15) is 4.79 Å². The third kappa shape index (κ3) is 1.78. The quantitative estimate of drug-likeness (QED) is 0.696. The standard InChI is InChI=1S/C9H14O3/c10-9(11)5-7-3-4-8(12-7)6-1-2-6/h6-8H,1-5H2,(H,10,11). The summed E-state index contributed by atoms with van der Waals surface area (Å²) in [7, 11) is 0. The molecule has 0 amide bonds. The van der Waals surface area contributed by atoms with Gasteiger partial charge in [-0.3, -0.25) is 4.79 Å². The summed E-state index contributed by atoms with van der Waals surface area (Å²) in [5, 5.41) is 8.53. The largest absolute Gasteiger partial charge is 0.481 e. The molecule has 1 aliphatic carbocycles. The van der Waals surface area contributed by atoms with E-state index < -0.39 is 5.97 Å². The van der Waals surface area contributed by atoms with Crippen molar-refractivity contribution in [2.45, 2.75) is 44.3 Å². The first-order chi connectivity index (χ1) is 5.75. The summed E-state index contributed by atoms with van der Waals surface area (Å²) in [6, 6.07) is 0. The number of hydrogen-bond acceptors (Lipinski definition) is 2. The van der Waals surface area contributed by atoms with E-state index in [4.69, 9.17) is 9.84 Å². The molecule has 1 saturated carbocycles. The molecule has 1 N–H and O–H groups in total. The highest BCUT2D eigenvalue weighted by atomic mass is 16.5. The number of rotatable bonds is 3. The van der Waals surface area contributed by atoms with Crippen LogP contribution in [0.1, 0.15) is 32.1 Å². The van der Waals surface area contributed by atoms with Crippen molar-refractivity contribution in [1.82, 2.24) is 0 Å². The van der Waals surface area contributed by atoms with Gasteiger partial charge in [0.15, 0.2) is 0 Å². The molecule has 1 saturated heterocycles. The van der Waals surface area contributed by atoms with Crippen LogP contribution in [-0.4, -0.2) is 23.3 Å². The first-order valence-electron chi connectivity index (χ1n) is 4.63. The lowest BCUT2D eigenvalue weighted by Crippen LogP contribution is -2.15. The van der Waals surface area contributed by atoms with Crippen molar-refractivity contribution in [2.24, 2.45) is 5.92 Å². The molecule has 3 nitrogen and oxygen atoms in total. The summed E-state index contributed by atoms with van der Waals surface area (Å²) in [5.41, 5.74) is 0.